The molecule has 174 valence electrons. The van der Waals surface area contributed by atoms with E-state index in [1.165, 1.54) is 0 Å². The molecule has 3 N–H and O–H groups in total. The lowest BCUT2D eigenvalue weighted by atomic mass is 9.86. The Kier molecular flexibility index (Phi) is 5.44. The summed E-state index contributed by atoms with van der Waals surface area (Å²) in [6.45, 7) is 7.08. The number of benzene rings is 2. The van der Waals surface area contributed by atoms with Gasteiger partial charge < -0.3 is 20.2 Å². The standard InChI is InChI=1S/C26H26ClN5O2/c1-4-32-21-14-20-19(13-17(21)26(2,3)25(32)34)30-23(31-20)22-18(9-11-29-24(22)33)28-10-8-15-6-5-7-16(27)12-15/h5-7,9,11-14H,4,8,10H2,1-3H3,(H,30,31)(H2,28,29,33). The first kappa shape index (κ1) is 22.2. The highest BCUT2D eigenvalue weighted by Gasteiger charge is 2.43. The van der Waals surface area contributed by atoms with E-state index in [0.717, 1.165) is 28.8 Å². The van der Waals surface area contributed by atoms with E-state index in [2.05, 4.69) is 15.3 Å². The van der Waals surface area contributed by atoms with Gasteiger partial charge in [-0.2, -0.15) is 0 Å². The SMILES string of the molecule is CCN1C(=O)C(C)(C)c2cc3[nH]c(-c4c(NCCc5cccc(Cl)c5)cc[nH]c4=O)nc3cc21. The monoisotopic (exact) mass is 475 g/mol. The Hall–Kier alpha value is -3.58. The van der Waals surface area contributed by atoms with Crippen molar-refractivity contribution in [1.82, 2.24) is 15.0 Å². The van der Waals surface area contributed by atoms with Gasteiger partial charge >= 0.3 is 0 Å². The number of likely N-dealkylation sites (N-methyl/N-ethyl adjacent to an activating group) is 1. The fourth-order valence-electron chi connectivity index (χ4n) is 4.66. The average molecular weight is 476 g/mol. The zero-order valence-corrected chi connectivity index (χ0v) is 20.1. The summed E-state index contributed by atoms with van der Waals surface area (Å²) in [4.78, 5) is 38.2. The maximum Gasteiger partial charge on any atom is 0.261 e. The van der Waals surface area contributed by atoms with Crippen LogP contribution in [-0.4, -0.2) is 33.9 Å². The molecule has 8 heteroatoms. The van der Waals surface area contributed by atoms with Crippen LogP contribution in [0.3, 0.4) is 0 Å². The second-order valence-electron chi connectivity index (χ2n) is 9.05. The highest BCUT2D eigenvalue weighted by Crippen LogP contribution is 2.43. The van der Waals surface area contributed by atoms with Crippen LogP contribution in [0, 0.1) is 0 Å². The minimum atomic E-state index is -0.609. The predicted molar refractivity (Wildman–Crippen MR) is 137 cm³/mol. The number of pyridine rings is 1. The Bertz CT molecular complexity index is 1470. The zero-order valence-electron chi connectivity index (χ0n) is 19.3. The molecular weight excluding hydrogens is 450 g/mol. The molecule has 0 saturated carbocycles. The summed E-state index contributed by atoms with van der Waals surface area (Å²) in [6, 6.07) is 13.5. The van der Waals surface area contributed by atoms with Crippen LogP contribution in [0.15, 0.2) is 53.5 Å². The number of carbonyl (C=O) groups excluding carboxylic acids is 1. The summed E-state index contributed by atoms with van der Waals surface area (Å²) in [7, 11) is 0. The number of halogens is 1. The molecule has 0 aliphatic carbocycles. The van der Waals surface area contributed by atoms with Gasteiger partial charge in [-0.25, -0.2) is 4.98 Å². The summed E-state index contributed by atoms with van der Waals surface area (Å²) in [6.07, 6.45) is 2.38. The summed E-state index contributed by atoms with van der Waals surface area (Å²) >= 11 is 6.09. The van der Waals surface area contributed by atoms with Gasteiger partial charge in [0.2, 0.25) is 5.91 Å². The highest BCUT2D eigenvalue weighted by atomic mass is 35.5. The topological polar surface area (TPSA) is 93.9 Å². The number of aromatic nitrogens is 3. The Morgan fingerprint density at radius 2 is 1.97 bits per heavy atom. The number of aromatic amines is 2. The summed E-state index contributed by atoms with van der Waals surface area (Å²) in [5.41, 5.74) is 4.77. The van der Waals surface area contributed by atoms with Gasteiger partial charge in [0.15, 0.2) is 0 Å². The van der Waals surface area contributed by atoms with Crippen molar-refractivity contribution in [3.05, 3.63) is 75.2 Å². The number of nitrogens with zero attached hydrogens (tertiary/aromatic N) is 2. The van der Waals surface area contributed by atoms with E-state index >= 15 is 0 Å². The van der Waals surface area contributed by atoms with Crippen molar-refractivity contribution in [3.63, 3.8) is 0 Å². The minimum absolute atomic E-state index is 0.0866. The van der Waals surface area contributed by atoms with Crippen molar-refractivity contribution < 1.29 is 4.79 Å². The van der Waals surface area contributed by atoms with Crippen LogP contribution in [0.25, 0.3) is 22.4 Å². The summed E-state index contributed by atoms with van der Waals surface area (Å²) in [5, 5.41) is 4.07. The lowest BCUT2D eigenvalue weighted by Crippen LogP contribution is -2.35. The second kappa shape index (κ2) is 8.33. The van der Waals surface area contributed by atoms with Crippen LogP contribution in [0.2, 0.25) is 5.02 Å². The maximum atomic E-state index is 12.8. The van der Waals surface area contributed by atoms with Crippen LogP contribution in [0.1, 0.15) is 31.9 Å². The first-order chi connectivity index (χ1) is 16.3. The number of nitrogens with one attached hydrogen (secondary N) is 3. The van der Waals surface area contributed by atoms with Gasteiger partial charge in [0, 0.05) is 24.3 Å². The fraction of sp³-hybridized carbons (Fsp3) is 0.269. The van der Waals surface area contributed by atoms with Crippen LogP contribution in [0.4, 0.5) is 11.4 Å². The maximum absolute atomic E-state index is 12.8. The van der Waals surface area contributed by atoms with E-state index in [1.54, 1.807) is 11.1 Å². The minimum Gasteiger partial charge on any atom is -0.384 e. The molecule has 4 aromatic rings. The fourth-order valence-corrected chi connectivity index (χ4v) is 4.87. The number of imidazole rings is 1. The average Bonchev–Trinajstić information content (AvgIpc) is 3.28. The molecule has 1 aliphatic heterocycles. The third-order valence-electron chi connectivity index (χ3n) is 6.48. The molecule has 3 heterocycles. The van der Waals surface area contributed by atoms with Gasteiger partial charge in [-0.1, -0.05) is 23.7 Å². The molecule has 0 unspecified atom stereocenters. The molecule has 0 radical (unpaired) electrons. The van der Waals surface area contributed by atoms with Crippen LogP contribution < -0.4 is 15.8 Å². The lowest BCUT2D eigenvalue weighted by Gasteiger charge is -2.18. The largest absolute Gasteiger partial charge is 0.384 e. The Morgan fingerprint density at radius 1 is 1.15 bits per heavy atom. The van der Waals surface area contributed by atoms with Gasteiger partial charge in [-0.15, -0.1) is 0 Å². The number of anilines is 2. The predicted octanol–water partition coefficient (Wildman–Crippen LogP) is 4.87. The quantitative estimate of drug-likeness (QED) is 0.371. The first-order valence-electron chi connectivity index (χ1n) is 11.4. The van der Waals surface area contributed by atoms with Gasteiger partial charge in [-0.05, 0) is 68.7 Å². The zero-order chi connectivity index (χ0) is 24.0. The van der Waals surface area contributed by atoms with E-state index in [1.807, 2.05) is 63.2 Å². The number of carbonyl (C=O) groups is 1. The van der Waals surface area contributed by atoms with E-state index < -0.39 is 5.41 Å². The number of rotatable bonds is 6. The Balaban J connectivity index is 1.50. The van der Waals surface area contributed by atoms with E-state index in [4.69, 9.17) is 16.6 Å². The number of hydrogen-bond acceptors (Lipinski definition) is 4. The molecule has 0 saturated heterocycles. The molecule has 2 aromatic heterocycles. The van der Waals surface area contributed by atoms with Crippen molar-refractivity contribution in [2.45, 2.75) is 32.6 Å². The number of fused-ring (bicyclic) bond motifs is 2. The Morgan fingerprint density at radius 3 is 2.74 bits per heavy atom. The van der Waals surface area contributed by atoms with Gasteiger partial charge in [0.25, 0.3) is 5.56 Å². The molecular formula is C26H26ClN5O2. The number of amides is 1. The van der Waals surface area contributed by atoms with E-state index in [-0.39, 0.29) is 11.5 Å². The Labute approximate surface area is 202 Å². The van der Waals surface area contributed by atoms with Gasteiger partial charge in [-0.3, -0.25) is 9.59 Å². The third-order valence-corrected chi connectivity index (χ3v) is 6.71. The van der Waals surface area contributed by atoms with Gasteiger partial charge in [0.05, 0.1) is 27.8 Å². The number of H-pyrrole nitrogens is 2. The molecule has 7 nitrogen and oxygen atoms in total. The molecule has 5 rings (SSSR count). The lowest BCUT2D eigenvalue weighted by molar-refractivity contribution is -0.122. The van der Waals surface area contributed by atoms with Crippen molar-refractivity contribution >= 4 is 39.9 Å². The normalized spacial score (nSPS) is 14.6. The molecule has 0 bridgehead atoms. The third kappa shape index (κ3) is 3.66. The molecule has 2 aromatic carbocycles. The molecule has 0 fully saturated rings. The van der Waals surface area contributed by atoms with Crippen molar-refractivity contribution in [1.29, 1.82) is 0 Å². The van der Waals surface area contributed by atoms with Crippen LogP contribution in [0.5, 0.6) is 0 Å². The van der Waals surface area contributed by atoms with Crippen molar-refractivity contribution in [2.75, 3.05) is 23.3 Å². The molecule has 1 amide bonds. The molecule has 0 spiro atoms. The summed E-state index contributed by atoms with van der Waals surface area (Å²) in [5.74, 6) is 0.571. The first-order valence-corrected chi connectivity index (χ1v) is 11.7. The molecule has 1 aliphatic rings. The van der Waals surface area contributed by atoms with Gasteiger partial charge in [0.1, 0.15) is 11.4 Å². The number of hydrogen-bond donors (Lipinski definition) is 3. The van der Waals surface area contributed by atoms with E-state index in [9.17, 15) is 9.59 Å². The van der Waals surface area contributed by atoms with Crippen molar-refractivity contribution in [3.8, 4) is 11.4 Å². The van der Waals surface area contributed by atoms with E-state index in [0.29, 0.717) is 40.7 Å². The molecule has 34 heavy (non-hydrogen) atoms. The molecule has 0 atom stereocenters. The second-order valence-corrected chi connectivity index (χ2v) is 9.48. The smallest absolute Gasteiger partial charge is 0.261 e. The van der Waals surface area contributed by atoms with Crippen LogP contribution >= 0.6 is 11.6 Å². The van der Waals surface area contributed by atoms with Crippen LogP contribution in [-0.2, 0) is 16.6 Å². The summed E-state index contributed by atoms with van der Waals surface area (Å²) < 4.78 is 0. The van der Waals surface area contributed by atoms with Crippen molar-refractivity contribution in [2.24, 2.45) is 0 Å². The highest BCUT2D eigenvalue weighted by molar-refractivity contribution is 6.30.